The molecule has 1 amide bonds. The quantitative estimate of drug-likeness (QED) is 0.522. The van der Waals surface area contributed by atoms with Gasteiger partial charge in [0.15, 0.2) is 16.5 Å². The lowest BCUT2D eigenvalue weighted by Gasteiger charge is -2.24. The molecule has 156 valence electrons. The Morgan fingerprint density at radius 2 is 1.87 bits per heavy atom. The fourth-order valence-electron chi connectivity index (χ4n) is 4.00. The van der Waals surface area contributed by atoms with Crippen molar-refractivity contribution in [2.45, 2.75) is 30.8 Å². The number of amides is 1. The molecule has 1 aromatic heterocycles. The van der Waals surface area contributed by atoms with Gasteiger partial charge in [-0.15, -0.1) is 0 Å². The molecule has 0 aliphatic carbocycles. The summed E-state index contributed by atoms with van der Waals surface area (Å²) in [6.45, 7) is 3.18. The predicted molar refractivity (Wildman–Crippen MR) is 116 cm³/mol. The third kappa shape index (κ3) is 4.36. The molecular weight excluding hydrogens is 398 g/mol. The third-order valence-electron chi connectivity index (χ3n) is 5.62. The van der Waals surface area contributed by atoms with Crippen LogP contribution in [-0.2, 0) is 17.6 Å². The molecule has 2 aliphatic rings. The van der Waals surface area contributed by atoms with E-state index in [4.69, 9.17) is 4.74 Å². The first kappa shape index (κ1) is 20.5. The number of nitriles is 1. The summed E-state index contributed by atoms with van der Waals surface area (Å²) >= 11 is 1.43. The number of likely N-dealkylation sites (tertiary alicyclic amines) is 1. The molecule has 8 heteroatoms. The maximum atomic E-state index is 11.8. The molecule has 30 heavy (non-hydrogen) atoms. The molecule has 0 unspecified atom stereocenters. The van der Waals surface area contributed by atoms with E-state index in [1.54, 1.807) is 4.90 Å². The van der Waals surface area contributed by atoms with Crippen molar-refractivity contribution in [3.05, 3.63) is 41.0 Å². The fraction of sp³-hybridized carbons (Fsp3) is 0.455. The van der Waals surface area contributed by atoms with Crippen LogP contribution in [0.3, 0.4) is 0 Å². The molecule has 4 rings (SSSR count). The Balaban J connectivity index is 1.54. The lowest BCUT2D eigenvalue weighted by atomic mass is 10.0. The van der Waals surface area contributed by atoms with Crippen LogP contribution in [0.2, 0.25) is 0 Å². The number of carbonyl (C=O) groups is 1. The van der Waals surface area contributed by atoms with Gasteiger partial charge in [-0.05, 0) is 36.6 Å². The summed E-state index contributed by atoms with van der Waals surface area (Å²) < 4.78 is 5.90. The first-order chi connectivity index (χ1) is 14.7. The summed E-state index contributed by atoms with van der Waals surface area (Å²) in [5.41, 5.74) is 3.07. The van der Waals surface area contributed by atoms with E-state index in [1.165, 1.54) is 22.9 Å². The number of anilines is 1. The predicted octanol–water partition coefficient (Wildman–Crippen LogP) is 2.68. The molecule has 1 fully saturated rings. The summed E-state index contributed by atoms with van der Waals surface area (Å²) in [7, 11) is 0. The van der Waals surface area contributed by atoms with Crippen LogP contribution < -0.4 is 9.64 Å². The van der Waals surface area contributed by atoms with E-state index in [-0.39, 0.29) is 5.91 Å². The summed E-state index contributed by atoms with van der Waals surface area (Å²) in [5, 5.41) is 10.5. The van der Waals surface area contributed by atoms with Gasteiger partial charge in [0.05, 0.1) is 6.54 Å². The molecule has 1 aromatic carbocycles. The van der Waals surface area contributed by atoms with Crippen molar-refractivity contribution < 1.29 is 9.53 Å². The zero-order chi connectivity index (χ0) is 20.9. The highest BCUT2D eigenvalue weighted by atomic mass is 32.2. The van der Waals surface area contributed by atoms with Crippen LogP contribution in [0.4, 0.5) is 5.82 Å². The van der Waals surface area contributed by atoms with Crippen molar-refractivity contribution in [2.24, 2.45) is 0 Å². The Morgan fingerprint density at radius 3 is 2.47 bits per heavy atom. The average molecular weight is 424 g/mol. The lowest BCUT2D eigenvalue weighted by Crippen LogP contribution is -2.30. The molecule has 7 nitrogen and oxygen atoms in total. The number of hydrogen-bond donors (Lipinski definition) is 0. The number of ether oxygens (including phenoxy) is 1. The van der Waals surface area contributed by atoms with Gasteiger partial charge in [0.25, 0.3) is 0 Å². The number of benzene rings is 1. The summed E-state index contributed by atoms with van der Waals surface area (Å²) in [4.78, 5) is 24.9. The molecule has 0 N–H and O–H groups in total. The van der Waals surface area contributed by atoms with E-state index < -0.39 is 0 Å². The van der Waals surface area contributed by atoms with E-state index >= 15 is 0 Å². The van der Waals surface area contributed by atoms with E-state index in [9.17, 15) is 10.1 Å². The molecule has 0 atom stereocenters. The number of thioether (sulfide) groups is 1. The topological polar surface area (TPSA) is 82.3 Å². The maximum Gasteiger partial charge on any atom is 0.238 e. The molecule has 3 heterocycles. The highest BCUT2D eigenvalue weighted by Gasteiger charge is 2.24. The summed E-state index contributed by atoms with van der Waals surface area (Å²) in [5.74, 6) is 1.11. The monoisotopic (exact) mass is 423 g/mol. The van der Waals surface area contributed by atoms with Crippen molar-refractivity contribution in [2.75, 3.05) is 43.9 Å². The fourth-order valence-corrected chi connectivity index (χ4v) is 4.36. The van der Waals surface area contributed by atoms with Crippen molar-refractivity contribution >= 4 is 23.5 Å². The van der Waals surface area contributed by atoms with E-state index in [1.807, 2.05) is 6.26 Å². The largest absolute Gasteiger partial charge is 0.475 e. The number of carbonyl (C=O) groups excluding carboxylic acids is 1. The van der Waals surface area contributed by atoms with Crippen LogP contribution in [0.15, 0.2) is 29.4 Å². The van der Waals surface area contributed by atoms with E-state index in [0.717, 1.165) is 38.9 Å². The van der Waals surface area contributed by atoms with Gasteiger partial charge in [-0.3, -0.25) is 4.79 Å². The second-order valence-electron chi connectivity index (χ2n) is 7.41. The molecule has 2 aliphatic heterocycles. The Hall–Kier alpha value is -2.79. The Morgan fingerprint density at radius 1 is 1.13 bits per heavy atom. The third-order valence-corrected chi connectivity index (χ3v) is 6.17. The minimum atomic E-state index is 0.163. The smallest absolute Gasteiger partial charge is 0.238 e. The van der Waals surface area contributed by atoms with Gasteiger partial charge in [0.2, 0.25) is 11.8 Å². The number of rotatable bonds is 6. The summed E-state index contributed by atoms with van der Waals surface area (Å²) in [6, 6.07) is 10.7. The van der Waals surface area contributed by atoms with Crippen LogP contribution in [0.25, 0.3) is 0 Å². The van der Waals surface area contributed by atoms with Crippen LogP contribution >= 0.6 is 11.8 Å². The van der Waals surface area contributed by atoms with E-state index in [0.29, 0.717) is 42.0 Å². The van der Waals surface area contributed by atoms with Crippen LogP contribution in [-0.4, -0.2) is 59.8 Å². The molecule has 1 saturated heterocycles. The van der Waals surface area contributed by atoms with Crippen LogP contribution in [0.1, 0.15) is 29.5 Å². The van der Waals surface area contributed by atoms with Gasteiger partial charge in [0, 0.05) is 26.1 Å². The number of hydrogen-bond acceptors (Lipinski definition) is 7. The lowest BCUT2D eigenvalue weighted by molar-refractivity contribution is -0.128. The Bertz CT molecular complexity index is 947. The minimum Gasteiger partial charge on any atom is -0.475 e. The number of nitrogens with zero attached hydrogens (tertiary/aromatic N) is 5. The van der Waals surface area contributed by atoms with Gasteiger partial charge in [-0.25, -0.2) is 4.98 Å². The SMILES string of the molecule is CSc1nc(OCCN2CCCC2=O)c(C#N)c(N2CCc3ccccc3CC2)n1. The molecular formula is C22H25N5O2S. The van der Waals surface area contributed by atoms with Crippen molar-refractivity contribution in [3.63, 3.8) is 0 Å². The van der Waals surface area contributed by atoms with E-state index in [2.05, 4.69) is 45.2 Å². The van der Waals surface area contributed by atoms with Crippen molar-refractivity contribution in [3.8, 4) is 11.9 Å². The second-order valence-corrected chi connectivity index (χ2v) is 8.19. The molecule has 0 saturated carbocycles. The maximum absolute atomic E-state index is 11.8. The van der Waals surface area contributed by atoms with Crippen molar-refractivity contribution in [1.29, 1.82) is 5.26 Å². The molecule has 0 radical (unpaired) electrons. The highest BCUT2D eigenvalue weighted by Crippen LogP contribution is 2.30. The number of fused-ring (bicyclic) bond motifs is 1. The van der Waals surface area contributed by atoms with Gasteiger partial charge in [0.1, 0.15) is 12.7 Å². The zero-order valence-electron chi connectivity index (χ0n) is 17.1. The standard InChI is InChI=1S/C22H25N5O2S/c1-30-22-24-20(27-11-8-16-5-2-3-6-17(16)9-12-27)18(15-23)21(25-22)29-14-13-26-10-4-7-19(26)28/h2-3,5-6H,4,7-14H2,1H3. The Kier molecular flexibility index (Phi) is 6.38. The van der Waals surface area contributed by atoms with Gasteiger partial charge < -0.3 is 14.5 Å². The van der Waals surface area contributed by atoms with Gasteiger partial charge in [-0.1, -0.05) is 36.0 Å². The van der Waals surface area contributed by atoms with Crippen LogP contribution in [0, 0.1) is 11.3 Å². The molecule has 2 aromatic rings. The minimum absolute atomic E-state index is 0.163. The normalized spacial score (nSPS) is 16.2. The van der Waals surface area contributed by atoms with Crippen LogP contribution in [0.5, 0.6) is 5.88 Å². The summed E-state index contributed by atoms with van der Waals surface area (Å²) in [6.07, 6.45) is 5.24. The number of aromatic nitrogens is 2. The molecule has 0 bridgehead atoms. The van der Waals surface area contributed by atoms with Crippen molar-refractivity contribution in [1.82, 2.24) is 14.9 Å². The highest BCUT2D eigenvalue weighted by molar-refractivity contribution is 7.98. The average Bonchev–Trinajstić information content (AvgIpc) is 3.06. The zero-order valence-corrected chi connectivity index (χ0v) is 18.0. The van der Waals surface area contributed by atoms with Gasteiger partial charge >= 0.3 is 0 Å². The molecule has 0 spiro atoms. The second kappa shape index (κ2) is 9.35. The Labute approximate surface area is 181 Å². The van der Waals surface area contributed by atoms with Gasteiger partial charge in [-0.2, -0.15) is 10.2 Å². The first-order valence-corrected chi connectivity index (χ1v) is 11.5. The first-order valence-electron chi connectivity index (χ1n) is 10.3.